The maximum Gasteiger partial charge on any atom is 0.337 e. The van der Waals surface area contributed by atoms with Gasteiger partial charge in [-0.1, -0.05) is 12.1 Å². The van der Waals surface area contributed by atoms with E-state index in [2.05, 4.69) is 10.3 Å². The van der Waals surface area contributed by atoms with Gasteiger partial charge in [0.1, 0.15) is 11.3 Å². The number of anilines is 2. The van der Waals surface area contributed by atoms with Crippen molar-refractivity contribution in [1.29, 1.82) is 0 Å². The van der Waals surface area contributed by atoms with Gasteiger partial charge in [-0.05, 0) is 43.3 Å². The van der Waals surface area contributed by atoms with Gasteiger partial charge in [-0.3, -0.25) is 4.98 Å². The summed E-state index contributed by atoms with van der Waals surface area (Å²) in [5.74, 6) is 0.414. The third kappa shape index (κ3) is 3.15. The molecule has 0 amide bonds. The van der Waals surface area contributed by atoms with Crippen LogP contribution in [0.2, 0.25) is 0 Å². The Bertz CT molecular complexity index is 860. The van der Waals surface area contributed by atoms with Crippen LogP contribution in [0.1, 0.15) is 17.3 Å². The van der Waals surface area contributed by atoms with Crippen molar-refractivity contribution < 1.29 is 14.3 Å². The molecule has 0 aliphatic rings. The van der Waals surface area contributed by atoms with E-state index in [9.17, 15) is 4.79 Å². The van der Waals surface area contributed by atoms with Crippen molar-refractivity contribution in [2.75, 3.05) is 19.0 Å². The second-order valence-electron chi connectivity index (χ2n) is 5.14. The van der Waals surface area contributed by atoms with E-state index in [0.29, 0.717) is 12.2 Å². The lowest BCUT2D eigenvalue weighted by Crippen LogP contribution is -2.01. The fraction of sp³-hybridized carbons (Fsp3) is 0.158. The number of ether oxygens (including phenoxy) is 2. The first kappa shape index (κ1) is 15.8. The van der Waals surface area contributed by atoms with E-state index in [0.717, 1.165) is 28.0 Å². The minimum Gasteiger partial charge on any atom is -0.492 e. The molecule has 2 aromatic carbocycles. The molecule has 0 saturated heterocycles. The monoisotopic (exact) mass is 322 g/mol. The summed E-state index contributed by atoms with van der Waals surface area (Å²) in [7, 11) is 1.37. The molecule has 3 aromatic rings. The number of rotatable bonds is 5. The molecular formula is C19H18N2O3. The number of para-hydroxylation sites is 1. The Kier molecular flexibility index (Phi) is 4.61. The van der Waals surface area contributed by atoms with Crippen LogP contribution in [0, 0.1) is 0 Å². The molecule has 1 heterocycles. The predicted molar refractivity (Wildman–Crippen MR) is 94.0 cm³/mol. The summed E-state index contributed by atoms with van der Waals surface area (Å²) in [5, 5.41) is 4.33. The van der Waals surface area contributed by atoms with Crippen LogP contribution in [0.15, 0.2) is 54.7 Å². The summed E-state index contributed by atoms with van der Waals surface area (Å²) < 4.78 is 10.3. The van der Waals surface area contributed by atoms with Crippen molar-refractivity contribution in [3.05, 3.63) is 60.3 Å². The molecule has 0 aliphatic heterocycles. The van der Waals surface area contributed by atoms with Gasteiger partial charge in [0.25, 0.3) is 0 Å². The highest BCUT2D eigenvalue weighted by atomic mass is 16.5. The fourth-order valence-corrected chi connectivity index (χ4v) is 2.49. The van der Waals surface area contributed by atoms with Gasteiger partial charge in [0.15, 0.2) is 0 Å². The molecule has 0 fully saturated rings. The number of carbonyl (C=O) groups excluding carboxylic acids is 1. The van der Waals surface area contributed by atoms with Crippen molar-refractivity contribution in [2.24, 2.45) is 0 Å². The van der Waals surface area contributed by atoms with Crippen LogP contribution in [0.4, 0.5) is 11.4 Å². The predicted octanol–water partition coefficient (Wildman–Crippen LogP) is 4.16. The topological polar surface area (TPSA) is 60.5 Å². The molecule has 5 nitrogen and oxygen atoms in total. The van der Waals surface area contributed by atoms with E-state index in [4.69, 9.17) is 9.47 Å². The van der Waals surface area contributed by atoms with Crippen LogP contribution >= 0.6 is 0 Å². The Morgan fingerprint density at radius 1 is 1.12 bits per heavy atom. The van der Waals surface area contributed by atoms with Crippen molar-refractivity contribution in [1.82, 2.24) is 4.98 Å². The van der Waals surface area contributed by atoms with Crippen LogP contribution in [-0.4, -0.2) is 24.7 Å². The Morgan fingerprint density at radius 2 is 1.92 bits per heavy atom. The number of methoxy groups -OCH3 is 1. The van der Waals surface area contributed by atoms with Gasteiger partial charge < -0.3 is 14.8 Å². The number of esters is 1. The number of pyridine rings is 1. The highest BCUT2D eigenvalue weighted by Crippen LogP contribution is 2.30. The van der Waals surface area contributed by atoms with Gasteiger partial charge >= 0.3 is 5.97 Å². The number of benzene rings is 2. The van der Waals surface area contributed by atoms with Crippen LogP contribution in [0.3, 0.4) is 0 Å². The SMILES string of the molecule is CCOc1cccc2c(Nc3ccc(C(=O)OC)cc3)ccnc12. The molecule has 3 rings (SSSR count). The Morgan fingerprint density at radius 3 is 2.62 bits per heavy atom. The highest BCUT2D eigenvalue weighted by Gasteiger charge is 2.08. The van der Waals surface area contributed by atoms with Crippen LogP contribution in [0.25, 0.3) is 10.9 Å². The number of carbonyl (C=O) groups is 1. The summed E-state index contributed by atoms with van der Waals surface area (Å²) in [6.07, 6.45) is 1.75. The zero-order chi connectivity index (χ0) is 16.9. The summed E-state index contributed by atoms with van der Waals surface area (Å²) in [6, 6.07) is 14.9. The molecule has 1 N–H and O–H groups in total. The lowest BCUT2D eigenvalue weighted by molar-refractivity contribution is 0.0601. The molecule has 0 radical (unpaired) electrons. The van der Waals surface area contributed by atoms with Crippen molar-refractivity contribution in [3.63, 3.8) is 0 Å². The van der Waals surface area contributed by atoms with Gasteiger partial charge in [-0.2, -0.15) is 0 Å². The standard InChI is InChI=1S/C19H18N2O3/c1-3-24-17-6-4-5-15-16(11-12-20-18(15)17)21-14-9-7-13(8-10-14)19(22)23-2/h4-12H,3H2,1-2H3,(H,20,21). The van der Waals surface area contributed by atoms with Gasteiger partial charge in [-0.15, -0.1) is 0 Å². The molecule has 5 heteroatoms. The first-order valence-electron chi connectivity index (χ1n) is 7.69. The Balaban J connectivity index is 1.93. The molecule has 122 valence electrons. The third-order valence-electron chi connectivity index (χ3n) is 3.62. The van der Waals surface area contributed by atoms with Gasteiger partial charge in [0.2, 0.25) is 0 Å². The van der Waals surface area contributed by atoms with Crippen LogP contribution in [0.5, 0.6) is 5.75 Å². The van der Waals surface area contributed by atoms with Crippen LogP contribution < -0.4 is 10.1 Å². The molecule has 0 atom stereocenters. The zero-order valence-electron chi connectivity index (χ0n) is 13.6. The van der Waals surface area contributed by atoms with E-state index in [-0.39, 0.29) is 5.97 Å². The average molecular weight is 322 g/mol. The largest absolute Gasteiger partial charge is 0.492 e. The maximum absolute atomic E-state index is 11.5. The Labute approximate surface area is 140 Å². The van der Waals surface area contributed by atoms with E-state index in [1.165, 1.54) is 7.11 Å². The van der Waals surface area contributed by atoms with Crippen molar-refractivity contribution in [2.45, 2.75) is 6.92 Å². The number of hydrogen-bond acceptors (Lipinski definition) is 5. The second kappa shape index (κ2) is 7.00. The highest BCUT2D eigenvalue weighted by molar-refractivity contribution is 5.96. The summed E-state index contributed by atoms with van der Waals surface area (Å²) in [6.45, 7) is 2.54. The zero-order valence-corrected chi connectivity index (χ0v) is 13.6. The average Bonchev–Trinajstić information content (AvgIpc) is 2.63. The lowest BCUT2D eigenvalue weighted by Gasteiger charge is -2.12. The minimum atomic E-state index is -0.350. The fourth-order valence-electron chi connectivity index (χ4n) is 2.49. The van der Waals surface area contributed by atoms with Gasteiger partial charge in [0.05, 0.1) is 19.3 Å². The number of hydrogen-bond donors (Lipinski definition) is 1. The molecule has 0 aliphatic carbocycles. The van der Waals surface area contributed by atoms with E-state index in [1.807, 2.05) is 43.3 Å². The normalized spacial score (nSPS) is 10.4. The number of nitrogens with zero attached hydrogens (tertiary/aromatic N) is 1. The van der Waals surface area contributed by atoms with E-state index >= 15 is 0 Å². The lowest BCUT2D eigenvalue weighted by atomic mass is 10.1. The third-order valence-corrected chi connectivity index (χ3v) is 3.62. The number of fused-ring (bicyclic) bond motifs is 1. The van der Waals surface area contributed by atoms with Gasteiger partial charge in [0, 0.05) is 23.0 Å². The smallest absolute Gasteiger partial charge is 0.337 e. The van der Waals surface area contributed by atoms with Gasteiger partial charge in [-0.25, -0.2) is 4.79 Å². The molecule has 0 unspecified atom stereocenters. The minimum absolute atomic E-state index is 0.350. The summed E-state index contributed by atoms with van der Waals surface area (Å²) >= 11 is 0. The summed E-state index contributed by atoms with van der Waals surface area (Å²) in [4.78, 5) is 15.9. The second-order valence-corrected chi connectivity index (χ2v) is 5.14. The first-order chi connectivity index (χ1) is 11.7. The van der Waals surface area contributed by atoms with Crippen molar-refractivity contribution >= 4 is 28.2 Å². The number of nitrogens with one attached hydrogen (secondary N) is 1. The number of aromatic nitrogens is 1. The van der Waals surface area contributed by atoms with Crippen LogP contribution in [-0.2, 0) is 4.74 Å². The molecular weight excluding hydrogens is 304 g/mol. The molecule has 0 bridgehead atoms. The first-order valence-corrected chi connectivity index (χ1v) is 7.69. The summed E-state index contributed by atoms with van der Waals surface area (Å²) in [5.41, 5.74) is 3.13. The molecule has 1 aromatic heterocycles. The molecule has 24 heavy (non-hydrogen) atoms. The Hall–Kier alpha value is -3.08. The van der Waals surface area contributed by atoms with E-state index in [1.54, 1.807) is 18.3 Å². The van der Waals surface area contributed by atoms with Crippen molar-refractivity contribution in [3.8, 4) is 5.75 Å². The maximum atomic E-state index is 11.5. The van der Waals surface area contributed by atoms with E-state index < -0.39 is 0 Å². The molecule has 0 saturated carbocycles. The molecule has 0 spiro atoms. The quantitative estimate of drug-likeness (QED) is 0.715.